The van der Waals surface area contributed by atoms with Crippen LogP contribution >= 0.6 is 12.1 Å². The molecule has 4 rings (SSSR count). The number of halogens is 1. The summed E-state index contributed by atoms with van der Waals surface area (Å²) < 4.78 is 15.0. The van der Waals surface area contributed by atoms with Crippen molar-refractivity contribution in [2.24, 2.45) is 5.92 Å². The van der Waals surface area contributed by atoms with E-state index in [0.717, 1.165) is 49.6 Å². The first-order chi connectivity index (χ1) is 18.9. The quantitative estimate of drug-likeness (QED) is 0.270. The number of phenols is 1. The van der Waals surface area contributed by atoms with Crippen LogP contribution < -0.4 is 5.32 Å². The van der Waals surface area contributed by atoms with Gasteiger partial charge in [-0.1, -0.05) is 56.0 Å². The first kappa shape index (κ1) is 31.9. The topological polar surface area (TPSA) is 53.3 Å². The molecule has 1 saturated heterocycles. The maximum atomic E-state index is 13.1. The minimum Gasteiger partial charge on any atom is -0.508 e. The number of rotatable bonds is 9. The fraction of sp³-hybridized carbons (Fsp3) is 0.344. The highest BCUT2D eigenvalue weighted by molar-refractivity contribution is 7.94. The first-order valence-corrected chi connectivity index (χ1v) is 14.1. The maximum Gasteiger partial charge on any atom is 0.124 e. The predicted octanol–water partition coefficient (Wildman–Crippen LogP) is 7.54. The highest BCUT2D eigenvalue weighted by atomic mass is 32.2. The molecule has 0 saturated carbocycles. The standard InChI is InChI=1S/C22H31FN4S.C8H8O.C2H4/c1-4-19-7-5-6-8-20(19)9-10-22(27-17(2)21(28-23)16-25-27)24-15-18-11-13-26(3)14-12-18;1-2-7-4-3-5-8(9)6-7;1-2/h5-8,10,16,18,24H,4,9,11-15H2,1-3H3;2-6,9H,1H2;1-2H2/b22-10-;;. The average molecular weight is 551 g/mol. The van der Waals surface area contributed by atoms with Gasteiger partial charge in [-0.15, -0.1) is 13.2 Å². The van der Waals surface area contributed by atoms with E-state index in [9.17, 15) is 3.89 Å². The van der Waals surface area contributed by atoms with E-state index < -0.39 is 0 Å². The number of hydrogen-bond acceptors (Lipinski definition) is 5. The molecule has 5 nitrogen and oxygen atoms in total. The van der Waals surface area contributed by atoms with Crippen LogP contribution in [0.25, 0.3) is 11.9 Å². The highest BCUT2D eigenvalue weighted by Gasteiger charge is 2.18. The summed E-state index contributed by atoms with van der Waals surface area (Å²) in [5.74, 6) is 1.89. The van der Waals surface area contributed by atoms with Gasteiger partial charge >= 0.3 is 0 Å². The third-order valence-electron chi connectivity index (χ3n) is 6.81. The molecule has 0 unspecified atom stereocenters. The Morgan fingerprint density at radius 2 is 1.85 bits per heavy atom. The molecule has 1 aliphatic heterocycles. The molecule has 0 bridgehead atoms. The molecular weight excluding hydrogens is 507 g/mol. The fourth-order valence-electron chi connectivity index (χ4n) is 4.42. The van der Waals surface area contributed by atoms with Crippen molar-refractivity contribution in [2.45, 2.75) is 44.4 Å². The number of allylic oxidation sites excluding steroid dienone is 1. The summed E-state index contributed by atoms with van der Waals surface area (Å²) in [6.45, 7) is 16.9. The third-order valence-corrected chi connectivity index (χ3v) is 7.37. The molecule has 210 valence electrons. The fourth-order valence-corrected chi connectivity index (χ4v) is 4.71. The Morgan fingerprint density at radius 3 is 2.41 bits per heavy atom. The van der Waals surface area contributed by atoms with Crippen LogP contribution in [0, 0.1) is 12.8 Å². The van der Waals surface area contributed by atoms with Crippen molar-refractivity contribution in [3.05, 3.63) is 103 Å². The second-order valence-electron chi connectivity index (χ2n) is 9.43. The van der Waals surface area contributed by atoms with E-state index in [4.69, 9.17) is 5.11 Å². The number of phenolic OH excluding ortho intramolecular Hbond substituents is 1. The van der Waals surface area contributed by atoms with Crippen LogP contribution in [-0.2, 0) is 12.8 Å². The van der Waals surface area contributed by atoms with Crippen LogP contribution in [-0.4, -0.2) is 46.5 Å². The van der Waals surface area contributed by atoms with Crippen LogP contribution in [0.15, 0.2) is 85.4 Å². The lowest BCUT2D eigenvalue weighted by atomic mass is 9.97. The summed E-state index contributed by atoms with van der Waals surface area (Å²) in [5, 5.41) is 16.9. The largest absolute Gasteiger partial charge is 0.508 e. The SMILES string of the molecule is C=C.C=Cc1cccc(O)c1.CCc1ccccc1C/C=C(/NCC1CCN(C)CC1)n1ncc(SF)c1C. The van der Waals surface area contributed by atoms with Crippen molar-refractivity contribution >= 4 is 24.0 Å². The number of nitrogens with one attached hydrogen (secondary N) is 1. The summed E-state index contributed by atoms with van der Waals surface area (Å²) in [5.41, 5.74) is 4.47. The van der Waals surface area contributed by atoms with Gasteiger partial charge in [0.2, 0.25) is 0 Å². The molecule has 0 aliphatic carbocycles. The number of piperidine rings is 1. The molecule has 2 N–H and O–H groups in total. The minimum absolute atomic E-state index is 0.257. The summed E-state index contributed by atoms with van der Waals surface area (Å²) in [6.07, 6.45) is 9.75. The van der Waals surface area contributed by atoms with E-state index in [0.29, 0.717) is 10.8 Å². The molecule has 39 heavy (non-hydrogen) atoms. The molecular formula is C32H43FN4OS. The number of aromatic nitrogens is 2. The predicted molar refractivity (Wildman–Crippen MR) is 165 cm³/mol. The monoisotopic (exact) mass is 550 g/mol. The van der Waals surface area contributed by atoms with Crippen LogP contribution in [0.1, 0.15) is 42.1 Å². The van der Waals surface area contributed by atoms with Gasteiger partial charge in [0.05, 0.1) is 28.9 Å². The molecule has 2 heterocycles. The lowest BCUT2D eigenvalue weighted by Crippen LogP contribution is -2.35. The summed E-state index contributed by atoms with van der Waals surface area (Å²) in [4.78, 5) is 2.96. The number of nitrogens with zero attached hydrogens (tertiary/aromatic N) is 3. The molecule has 2 aromatic carbocycles. The normalized spacial score (nSPS) is 14.0. The third kappa shape index (κ3) is 10.1. The van der Waals surface area contributed by atoms with Crippen molar-refractivity contribution in [3.63, 3.8) is 0 Å². The van der Waals surface area contributed by atoms with Gasteiger partial charge < -0.3 is 15.3 Å². The van der Waals surface area contributed by atoms with Crippen LogP contribution in [0.4, 0.5) is 3.89 Å². The molecule has 3 aromatic rings. The Kier molecular flexibility index (Phi) is 14.2. The van der Waals surface area contributed by atoms with Gasteiger partial charge in [-0.3, -0.25) is 0 Å². The molecule has 0 radical (unpaired) electrons. The zero-order chi connectivity index (χ0) is 28.6. The Morgan fingerprint density at radius 1 is 1.15 bits per heavy atom. The van der Waals surface area contributed by atoms with Gasteiger partial charge in [0.15, 0.2) is 0 Å². The van der Waals surface area contributed by atoms with Gasteiger partial charge in [-0.2, -0.15) is 8.98 Å². The molecule has 1 aliphatic rings. The van der Waals surface area contributed by atoms with Gasteiger partial charge in [0.25, 0.3) is 0 Å². The first-order valence-electron chi connectivity index (χ1n) is 13.4. The zero-order valence-corrected chi connectivity index (χ0v) is 24.4. The average Bonchev–Trinajstić information content (AvgIpc) is 3.35. The Labute approximate surface area is 238 Å². The Hall–Kier alpha value is -3.29. The van der Waals surface area contributed by atoms with Crippen molar-refractivity contribution in [1.29, 1.82) is 0 Å². The van der Waals surface area contributed by atoms with Gasteiger partial charge in [-0.25, -0.2) is 4.68 Å². The Bertz CT molecular complexity index is 1180. The smallest absolute Gasteiger partial charge is 0.124 e. The summed E-state index contributed by atoms with van der Waals surface area (Å²) in [6, 6.07) is 15.5. The van der Waals surface area contributed by atoms with Crippen LogP contribution in [0.5, 0.6) is 5.75 Å². The number of hydrogen-bond donors (Lipinski definition) is 2. The van der Waals surface area contributed by atoms with Gasteiger partial charge in [0, 0.05) is 6.54 Å². The second-order valence-corrected chi connectivity index (χ2v) is 10.0. The number of aromatic hydroxyl groups is 1. The highest BCUT2D eigenvalue weighted by Crippen LogP contribution is 2.24. The molecule has 7 heteroatoms. The summed E-state index contributed by atoms with van der Waals surface area (Å²) in [7, 11) is 2.18. The van der Waals surface area contributed by atoms with E-state index in [1.807, 2.05) is 17.7 Å². The van der Waals surface area contributed by atoms with E-state index in [1.54, 1.807) is 30.5 Å². The van der Waals surface area contributed by atoms with Crippen molar-refractivity contribution < 1.29 is 8.99 Å². The van der Waals surface area contributed by atoms with Gasteiger partial charge in [-0.05, 0) is 93.6 Å². The molecule has 1 aromatic heterocycles. The lowest BCUT2D eigenvalue weighted by molar-refractivity contribution is 0.219. The van der Waals surface area contributed by atoms with Gasteiger partial charge in [0.1, 0.15) is 11.6 Å². The van der Waals surface area contributed by atoms with Crippen molar-refractivity contribution in [3.8, 4) is 5.75 Å². The van der Waals surface area contributed by atoms with Crippen molar-refractivity contribution in [1.82, 2.24) is 20.0 Å². The minimum atomic E-state index is 0.257. The van der Waals surface area contributed by atoms with E-state index in [-0.39, 0.29) is 17.9 Å². The number of likely N-dealkylation sites (tertiary alicyclic amines) is 1. The Balaban J connectivity index is 0.000000407. The van der Waals surface area contributed by atoms with Crippen LogP contribution in [0.2, 0.25) is 0 Å². The van der Waals surface area contributed by atoms with E-state index >= 15 is 0 Å². The second kappa shape index (κ2) is 17.3. The maximum absolute atomic E-state index is 13.1. The van der Waals surface area contributed by atoms with E-state index in [1.165, 1.54) is 24.0 Å². The van der Waals surface area contributed by atoms with E-state index in [2.05, 4.69) is 79.4 Å². The number of aryl methyl sites for hydroxylation is 1. The number of benzene rings is 2. The molecule has 0 atom stereocenters. The van der Waals surface area contributed by atoms with Crippen LogP contribution in [0.3, 0.4) is 0 Å². The molecule has 0 spiro atoms. The van der Waals surface area contributed by atoms with Crippen molar-refractivity contribution in [2.75, 3.05) is 26.7 Å². The molecule has 0 amide bonds. The summed E-state index contributed by atoms with van der Waals surface area (Å²) >= 11 is 0.257. The zero-order valence-electron chi connectivity index (χ0n) is 23.6. The molecule has 1 fully saturated rings. The lowest BCUT2D eigenvalue weighted by Gasteiger charge is -2.29.